The number of amides is 1. The van der Waals surface area contributed by atoms with Crippen molar-refractivity contribution in [2.45, 2.75) is 13.3 Å². The molecule has 1 amide bonds. The van der Waals surface area contributed by atoms with Gasteiger partial charge in [-0.3, -0.25) is 9.59 Å². The lowest BCUT2D eigenvalue weighted by molar-refractivity contribution is -0.121. The molecule has 0 N–H and O–H groups in total. The van der Waals surface area contributed by atoms with E-state index in [2.05, 4.69) is 0 Å². The number of Topliss-reactive ketones (excluding diaryl/α,β-unsaturated/α-hetero) is 1. The molecule has 1 aliphatic heterocycles. The van der Waals surface area contributed by atoms with Gasteiger partial charge in [0.1, 0.15) is 5.82 Å². The van der Waals surface area contributed by atoms with E-state index in [0.29, 0.717) is 11.3 Å². The van der Waals surface area contributed by atoms with Gasteiger partial charge in [-0.25, -0.2) is 4.39 Å². The van der Waals surface area contributed by atoms with Crippen LogP contribution < -0.4 is 4.90 Å². The second-order valence-electron chi connectivity index (χ2n) is 3.63. The predicted molar refractivity (Wildman–Crippen MR) is 53.1 cm³/mol. The summed E-state index contributed by atoms with van der Waals surface area (Å²) in [5.74, 6) is -0.746. The lowest BCUT2D eigenvalue weighted by Crippen LogP contribution is -2.24. The minimum atomic E-state index is -0.361. The maximum atomic E-state index is 13.2. The number of nitrogens with zero attached hydrogens (tertiary/aromatic N) is 1. The first-order chi connectivity index (χ1) is 7.08. The number of hydrogen-bond donors (Lipinski definition) is 0. The van der Waals surface area contributed by atoms with Crippen LogP contribution >= 0.6 is 0 Å². The Bertz CT molecular complexity index is 442. The number of ketones is 1. The van der Waals surface area contributed by atoms with Crippen LogP contribution in [0.15, 0.2) is 18.2 Å². The highest BCUT2D eigenvalue weighted by molar-refractivity contribution is 6.15. The van der Waals surface area contributed by atoms with Crippen molar-refractivity contribution in [3.05, 3.63) is 29.6 Å². The number of carbonyl (C=O) groups is 2. The molecule has 1 aromatic carbocycles. The molecule has 0 spiro atoms. The smallest absolute Gasteiger partial charge is 0.234 e. The largest absolute Gasteiger partial charge is 0.304 e. The van der Waals surface area contributed by atoms with Gasteiger partial charge in [0.25, 0.3) is 0 Å². The summed E-state index contributed by atoms with van der Waals surface area (Å²) < 4.78 is 13.2. The summed E-state index contributed by atoms with van der Waals surface area (Å²) in [4.78, 5) is 23.7. The highest BCUT2D eigenvalue weighted by Crippen LogP contribution is 2.21. The zero-order chi connectivity index (χ0) is 11.0. The van der Waals surface area contributed by atoms with Crippen LogP contribution in [0.25, 0.3) is 0 Å². The minimum absolute atomic E-state index is 0.0569. The molecule has 1 aliphatic rings. The van der Waals surface area contributed by atoms with Crippen LogP contribution in [-0.4, -0.2) is 18.2 Å². The van der Waals surface area contributed by atoms with Gasteiger partial charge in [0.15, 0.2) is 5.78 Å². The molecule has 2 rings (SSSR count). The van der Waals surface area contributed by atoms with Gasteiger partial charge in [-0.15, -0.1) is 0 Å². The van der Waals surface area contributed by atoms with E-state index in [4.69, 9.17) is 0 Å². The van der Waals surface area contributed by atoms with E-state index >= 15 is 0 Å². The van der Waals surface area contributed by atoms with Crippen molar-refractivity contribution in [1.82, 2.24) is 0 Å². The Hall–Kier alpha value is -1.71. The molecule has 0 atom stereocenters. The van der Waals surface area contributed by atoms with Crippen LogP contribution in [0, 0.1) is 12.7 Å². The van der Waals surface area contributed by atoms with Gasteiger partial charge in [0.05, 0.1) is 13.0 Å². The molecular weight excluding hydrogens is 197 g/mol. The van der Waals surface area contributed by atoms with E-state index in [1.165, 1.54) is 11.0 Å². The topological polar surface area (TPSA) is 37.4 Å². The zero-order valence-corrected chi connectivity index (χ0v) is 8.29. The lowest BCUT2D eigenvalue weighted by atomic mass is 10.2. The maximum Gasteiger partial charge on any atom is 0.234 e. The molecule has 0 unspecified atom stereocenters. The predicted octanol–water partition coefficient (Wildman–Crippen LogP) is 1.44. The molecule has 0 saturated carbocycles. The van der Waals surface area contributed by atoms with Crippen molar-refractivity contribution in [2.75, 3.05) is 11.4 Å². The molecule has 1 fully saturated rings. The van der Waals surface area contributed by atoms with Crippen molar-refractivity contribution in [3.8, 4) is 0 Å². The lowest BCUT2D eigenvalue weighted by Gasteiger charge is -2.14. The number of benzene rings is 1. The third kappa shape index (κ3) is 1.75. The second kappa shape index (κ2) is 3.46. The fraction of sp³-hybridized carbons (Fsp3) is 0.273. The molecule has 1 heterocycles. The van der Waals surface area contributed by atoms with Gasteiger partial charge in [-0.05, 0) is 24.6 Å². The van der Waals surface area contributed by atoms with E-state index in [0.717, 1.165) is 0 Å². The highest BCUT2D eigenvalue weighted by atomic mass is 19.1. The van der Waals surface area contributed by atoms with Crippen LogP contribution in [0.2, 0.25) is 0 Å². The molecule has 1 saturated heterocycles. The summed E-state index contributed by atoms with van der Waals surface area (Å²) in [6.45, 7) is 1.71. The number of halogens is 1. The van der Waals surface area contributed by atoms with Crippen molar-refractivity contribution in [1.29, 1.82) is 0 Å². The van der Waals surface area contributed by atoms with Crippen LogP contribution in [0.1, 0.15) is 12.0 Å². The van der Waals surface area contributed by atoms with Crippen LogP contribution in [0.3, 0.4) is 0 Å². The molecule has 4 heteroatoms. The normalized spacial score (nSPS) is 16.3. The molecular formula is C11H10FNO2. The Balaban J connectivity index is 2.34. The molecule has 78 valence electrons. The highest BCUT2D eigenvalue weighted by Gasteiger charge is 2.28. The molecule has 3 nitrogen and oxygen atoms in total. The molecule has 0 bridgehead atoms. The Labute approximate surface area is 86.5 Å². The molecule has 15 heavy (non-hydrogen) atoms. The van der Waals surface area contributed by atoms with Crippen molar-refractivity contribution >= 4 is 17.4 Å². The van der Waals surface area contributed by atoms with Crippen LogP contribution in [-0.2, 0) is 9.59 Å². The average Bonchev–Trinajstić information content (AvgIpc) is 2.50. The standard InChI is InChI=1S/C11H10FNO2/c1-7-2-3-8(4-10(7)12)13-6-9(14)5-11(13)15/h2-4H,5-6H2,1H3. The molecule has 1 aromatic rings. The SMILES string of the molecule is Cc1ccc(N2CC(=O)CC2=O)cc1F. The number of anilines is 1. The summed E-state index contributed by atoms with van der Waals surface area (Å²) in [5, 5.41) is 0. The summed E-state index contributed by atoms with van der Waals surface area (Å²) in [6, 6.07) is 4.53. The first-order valence-corrected chi connectivity index (χ1v) is 4.66. The van der Waals surface area contributed by atoms with Gasteiger partial charge >= 0.3 is 0 Å². The van der Waals surface area contributed by atoms with Gasteiger partial charge in [0.2, 0.25) is 5.91 Å². The van der Waals surface area contributed by atoms with E-state index in [1.807, 2.05) is 0 Å². The fourth-order valence-electron chi connectivity index (χ4n) is 1.57. The van der Waals surface area contributed by atoms with Crippen LogP contribution in [0.4, 0.5) is 10.1 Å². The van der Waals surface area contributed by atoms with Crippen molar-refractivity contribution in [3.63, 3.8) is 0 Å². The Kier molecular flexibility index (Phi) is 2.26. The zero-order valence-electron chi connectivity index (χ0n) is 8.29. The second-order valence-corrected chi connectivity index (χ2v) is 3.63. The van der Waals surface area contributed by atoms with E-state index in [1.54, 1.807) is 19.1 Å². The number of carbonyl (C=O) groups excluding carboxylic acids is 2. The minimum Gasteiger partial charge on any atom is -0.304 e. The van der Waals surface area contributed by atoms with E-state index < -0.39 is 0 Å². The fourth-order valence-corrected chi connectivity index (χ4v) is 1.57. The van der Waals surface area contributed by atoms with Crippen LogP contribution in [0.5, 0.6) is 0 Å². The van der Waals surface area contributed by atoms with Gasteiger partial charge in [0, 0.05) is 5.69 Å². The first-order valence-electron chi connectivity index (χ1n) is 4.66. The van der Waals surface area contributed by atoms with E-state index in [9.17, 15) is 14.0 Å². The summed E-state index contributed by atoms with van der Waals surface area (Å²) in [5.41, 5.74) is 0.977. The average molecular weight is 207 g/mol. The van der Waals surface area contributed by atoms with Crippen molar-refractivity contribution < 1.29 is 14.0 Å². The monoisotopic (exact) mass is 207 g/mol. The Morgan fingerprint density at radius 1 is 1.33 bits per heavy atom. The van der Waals surface area contributed by atoms with Gasteiger partial charge < -0.3 is 4.90 Å². The summed E-state index contributed by atoms with van der Waals surface area (Å²) >= 11 is 0. The number of hydrogen-bond acceptors (Lipinski definition) is 2. The summed E-state index contributed by atoms with van der Waals surface area (Å²) in [6.07, 6.45) is -0.0739. The quantitative estimate of drug-likeness (QED) is 0.653. The first kappa shape index (κ1) is 9.83. The molecule has 0 radical (unpaired) electrons. The van der Waals surface area contributed by atoms with Gasteiger partial charge in [-0.2, -0.15) is 0 Å². The molecule has 0 aromatic heterocycles. The number of aryl methyl sites for hydroxylation is 1. The Morgan fingerprint density at radius 2 is 2.07 bits per heavy atom. The molecule has 0 aliphatic carbocycles. The van der Waals surface area contributed by atoms with Crippen molar-refractivity contribution in [2.24, 2.45) is 0 Å². The maximum absolute atomic E-state index is 13.2. The third-order valence-corrected chi connectivity index (χ3v) is 2.45. The third-order valence-electron chi connectivity index (χ3n) is 2.45. The number of rotatable bonds is 1. The summed E-state index contributed by atoms with van der Waals surface area (Å²) in [7, 11) is 0. The van der Waals surface area contributed by atoms with Gasteiger partial charge in [-0.1, -0.05) is 6.07 Å². The Morgan fingerprint density at radius 3 is 2.60 bits per heavy atom. The van der Waals surface area contributed by atoms with E-state index in [-0.39, 0.29) is 30.5 Å².